The molecular formula is C23H17NO3. The van der Waals surface area contributed by atoms with Crippen molar-refractivity contribution in [2.45, 2.75) is 6.54 Å². The number of amides is 1. The molecule has 3 aromatic carbocycles. The van der Waals surface area contributed by atoms with Crippen LogP contribution in [0, 0.1) is 0 Å². The van der Waals surface area contributed by atoms with Gasteiger partial charge in [-0.3, -0.25) is 4.79 Å². The third kappa shape index (κ3) is 2.75. The zero-order valence-electron chi connectivity index (χ0n) is 14.6. The van der Waals surface area contributed by atoms with Gasteiger partial charge in [0.1, 0.15) is 0 Å². The van der Waals surface area contributed by atoms with Crippen LogP contribution in [0.3, 0.4) is 0 Å². The lowest BCUT2D eigenvalue weighted by molar-refractivity contribution is 0.0843. The van der Waals surface area contributed by atoms with E-state index < -0.39 is 0 Å². The first-order valence-corrected chi connectivity index (χ1v) is 8.86. The minimum absolute atomic E-state index is 0.0189. The summed E-state index contributed by atoms with van der Waals surface area (Å²) in [4.78, 5) is 14.9. The van der Waals surface area contributed by atoms with E-state index >= 15 is 0 Å². The highest BCUT2D eigenvalue weighted by Crippen LogP contribution is 2.37. The van der Waals surface area contributed by atoms with Crippen LogP contribution in [0.15, 0.2) is 72.8 Å². The molecule has 3 aromatic rings. The quantitative estimate of drug-likeness (QED) is 0.691. The fourth-order valence-corrected chi connectivity index (χ4v) is 3.53. The average Bonchev–Trinajstić information content (AvgIpc) is 3.27. The van der Waals surface area contributed by atoms with Gasteiger partial charge in [-0.2, -0.15) is 0 Å². The fourth-order valence-electron chi connectivity index (χ4n) is 3.53. The first-order chi connectivity index (χ1) is 13.3. The first kappa shape index (κ1) is 15.7. The minimum Gasteiger partial charge on any atom is -0.454 e. The SMILES string of the molecule is O=C1c2ccccc2/C(=C/c2ccccc2)N1Cc1ccc2c(c1)OCO2. The fraction of sp³-hybridized carbons (Fsp3) is 0.0870. The monoisotopic (exact) mass is 355 g/mol. The van der Waals surface area contributed by atoms with Crippen molar-refractivity contribution in [1.29, 1.82) is 0 Å². The van der Waals surface area contributed by atoms with Crippen LogP contribution in [0.1, 0.15) is 27.0 Å². The highest BCUT2D eigenvalue weighted by molar-refractivity contribution is 6.11. The molecule has 27 heavy (non-hydrogen) atoms. The summed E-state index contributed by atoms with van der Waals surface area (Å²) in [5, 5.41) is 0. The smallest absolute Gasteiger partial charge is 0.259 e. The zero-order valence-corrected chi connectivity index (χ0v) is 14.6. The number of carbonyl (C=O) groups excluding carboxylic acids is 1. The Hall–Kier alpha value is -3.53. The lowest BCUT2D eigenvalue weighted by Crippen LogP contribution is -2.22. The summed E-state index contributed by atoms with van der Waals surface area (Å²) < 4.78 is 10.9. The number of carbonyl (C=O) groups is 1. The number of nitrogens with zero attached hydrogens (tertiary/aromatic N) is 1. The summed E-state index contributed by atoms with van der Waals surface area (Å²) in [6.45, 7) is 0.717. The Kier molecular flexibility index (Phi) is 3.68. The molecule has 0 saturated heterocycles. The normalized spacial score (nSPS) is 16.1. The number of ether oxygens (including phenoxy) is 2. The van der Waals surface area contributed by atoms with E-state index in [0.717, 1.165) is 39.4 Å². The number of hydrogen-bond donors (Lipinski definition) is 0. The van der Waals surface area contributed by atoms with Crippen molar-refractivity contribution in [2.24, 2.45) is 0 Å². The van der Waals surface area contributed by atoms with E-state index in [1.165, 1.54) is 0 Å². The largest absolute Gasteiger partial charge is 0.454 e. The second-order valence-corrected chi connectivity index (χ2v) is 6.56. The molecule has 5 rings (SSSR count). The zero-order chi connectivity index (χ0) is 18.2. The molecule has 2 aliphatic heterocycles. The Balaban J connectivity index is 1.55. The summed E-state index contributed by atoms with van der Waals surface area (Å²) in [7, 11) is 0. The van der Waals surface area contributed by atoms with Crippen molar-refractivity contribution in [3.63, 3.8) is 0 Å². The Morgan fingerprint density at radius 1 is 0.852 bits per heavy atom. The van der Waals surface area contributed by atoms with E-state index in [4.69, 9.17) is 9.47 Å². The van der Waals surface area contributed by atoms with Crippen molar-refractivity contribution < 1.29 is 14.3 Å². The maximum atomic E-state index is 13.1. The van der Waals surface area contributed by atoms with Crippen LogP contribution in [-0.2, 0) is 6.54 Å². The van der Waals surface area contributed by atoms with Crippen molar-refractivity contribution in [2.75, 3.05) is 6.79 Å². The molecule has 0 bridgehead atoms. The van der Waals surface area contributed by atoms with Gasteiger partial charge in [0.25, 0.3) is 5.91 Å². The molecule has 2 aliphatic rings. The van der Waals surface area contributed by atoms with E-state index in [1.807, 2.05) is 77.7 Å². The van der Waals surface area contributed by atoms with Gasteiger partial charge in [0.05, 0.1) is 12.2 Å². The molecule has 0 atom stereocenters. The second-order valence-electron chi connectivity index (χ2n) is 6.56. The second kappa shape index (κ2) is 6.32. The van der Waals surface area contributed by atoms with E-state index in [-0.39, 0.29) is 12.7 Å². The summed E-state index contributed by atoms with van der Waals surface area (Å²) in [5.41, 5.74) is 4.68. The molecule has 0 aliphatic carbocycles. The topological polar surface area (TPSA) is 38.8 Å². The van der Waals surface area contributed by atoms with Crippen LogP contribution < -0.4 is 9.47 Å². The predicted molar refractivity (Wildman–Crippen MR) is 103 cm³/mol. The van der Waals surface area contributed by atoms with Gasteiger partial charge in [-0.1, -0.05) is 54.6 Å². The number of benzene rings is 3. The van der Waals surface area contributed by atoms with Crippen LogP contribution in [0.5, 0.6) is 11.5 Å². The predicted octanol–water partition coefficient (Wildman–Crippen LogP) is 4.57. The van der Waals surface area contributed by atoms with E-state index in [1.54, 1.807) is 0 Å². The van der Waals surface area contributed by atoms with Crippen LogP contribution in [0.4, 0.5) is 0 Å². The third-order valence-corrected chi connectivity index (χ3v) is 4.85. The lowest BCUT2D eigenvalue weighted by atomic mass is 10.1. The van der Waals surface area contributed by atoms with Crippen LogP contribution in [0.2, 0.25) is 0 Å². The molecule has 0 spiro atoms. The number of fused-ring (bicyclic) bond motifs is 2. The molecule has 0 fully saturated rings. The van der Waals surface area contributed by atoms with Crippen molar-refractivity contribution in [3.8, 4) is 11.5 Å². The Bertz CT molecular complexity index is 1060. The third-order valence-electron chi connectivity index (χ3n) is 4.85. The van der Waals surface area contributed by atoms with E-state index in [2.05, 4.69) is 6.08 Å². The molecule has 0 unspecified atom stereocenters. The highest BCUT2D eigenvalue weighted by atomic mass is 16.7. The lowest BCUT2D eigenvalue weighted by Gasteiger charge is -2.19. The van der Waals surface area contributed by atoms with Crippen LogP contribution >= 0.6 is 0 Å². The van der Waals surface area contributed by atoms with Gasteiger partial charge < -0.3 is 14.4 Å². The Morgan fingerprint density at radius 2 is 1.59 bits per heavy atom. The Labute approximate surface area is 157 Å². The standard InChI is InChI=1S/C23H17NO3/c25-23-19-9-5-4-8-18(19)20(12-16-6-2-1-3-7-16)24(23)14-17-10-11-21-22(13-17)27-15-26-21/h1-13H,14-15H2/b20-12-. The van der Waals surface area contributed by atoms with Gasteiger partial charge in [-0.25, -0.2) is 0 Å². The van der Waals surface area contributed by atoms with Gasteiger partial charge in [0, 0.05) is 11.1 Å². The van der Waals surface area contributed by atoms with E-state index in [9.17, 15) is 4.79 Å². The maximum Gasteiger partial charge on any atom is 0.259 e. The van der Waals surface area contributed by atoms with Gasteiger partial charge in [-0.05, 0) is 35.4 Å². The summed E-state index contributed by atoms with van der Waals surface area (Å²) >= 11 is 0. The molecule has 0 saturated carbocycles. The maximum absolute atomic E-state index is 13.1. The molecular weight excluding hydrogens is 338 g/mol. The molecule has 4 heteroatoms. The van der Waals surface area contributed by atoms with Gasteiger partial charge in [-0.15, -0.1) is 0 Å². The number of hydrogen-bond acceptors (Lipinski definition) is 3. The molecule has 1 amide bonds. The summed E-state index contributed by atoms with van der Waals surface area (Å²) in [6.07, 6.45) is 2.07. The average molecular weight is 355 g/mol. The summed E-state index contributed by atoms with van der Waals surface area (Å²) in [5.74, 6) is 1.49. The summed E-state index contributed by atoms with van der Waals surface area (Å²) in [6, 6.07) is 23.6. The van der Waals surface area contributed by atoms with E-state index in [0.29, 0.717) is 6.54 Å². The van der Waals surface area contributed by atoms with Crippen molar-refractivity contribution in [1.82, 2.24) is 4.90 Å². The molecule has 0 aromatic heterocycles. The molecule has 0 N–H and O–H groups in total. The van der Waals surface area contributed by atoms with Gasteiger partial charge >= 0.3 is 0 Å². The van der Waals surface area contributed by atoms with Crippen molar-refractivity contribution in [3.05, 3.63) is 95.1 Å². The van der Waals surface area contributed by atoms with Gasteiger partial charge in [0.2, 0.25) is 6.79 Å². The highest BCUT2D eigenvalue weighted by Gasteiger charge is 2.32. The molecule has 132 valence electrons. The molecule has 4 nitrogen and oxygen atoms in total. The minimum atomic E-state index is 0.0189. The number of rotatable bonds is 3. The van der Waals surface area contributed by atoms with Crippen molar-refractivity contribution >= 4 is 17.7 Å². The molecule has 2 heterocycles. The Morgan fingerprint density at radius 3 is 2.44 bits per heavy atom. The van der Waals surface area contributed by atoms with Gasteiger partial charge in [0.15, 0.2) is 11.5 Å². The first-order valence-electron chi connectivity index (χ1n) is 8.86. The van der Waals surface area contributed by atoms with Crippen LogP contribution in [0.25, 0.3) is 11.8 Å². The molecule has 0 radical (unpaired) electrons. The van der Waals surface area contributed by atoms with Crippen LogP contribution in [-0.4, -0.2) is 17.6 Å².